The molecule has 0 saturated carbocycles. The third kappa shape index (κ3) is 7.26. The number of carboxylic acid groups (broad SMARTS) is 1. The number of carbonyl (C=O) groups is 1. The Hall–Kier alpha value is -1.40. The van der Waals surface area contributed by atoms with E-state index in [2.05, 4.69) is 0 Å². The summed E-state index contributed by atoms with van der Waals surface area (Å²) in [5.41, 5.74) is 0.593. The van der Waals surface area contributed by atoms with Gasteiger partial charge in [-0.25, -0.2) is 0 Å². The Morgan fingerprint density at radius 3 is 2.00 bits per heavy atom. The normalized spacial score (nSPS) is 9.79. The SMILES string of the molecule is O=CO.O=S(=O)(O)Cc1ccccc1. The van der Waals surface area contributed by atoms with Gasteiger partial charge >= 0.3 is 0 Å². The number of benzene rings is 1. The van der Waals surface area contributed by atoms with Crippen LogP contribution in [0.1, 0.15) is 5.56 Å². The van der Waals surface area contributed by atoms with E-state index in [0.717, 1.165) is 0 Å². The van der Waals surface area contributed by atoms with Crippen molar-refractivity contribution in [2.45, 2.75) is 5.75 Å². The molecule has 0 aliphatic heterocycles. The monoisotopic (exact) mass is 218 g/mol. The smallest absolute Gasteiger partial charge is 0.290 e. The zero-order chi connectivity index (χ0) is 11.0. The quantitative estimate of drug-likeness (QED) is 0.565. The van der Waals surface area contributed by atoms with Crippen LogP contribution in [0.3, 0.4) is 0 Å². The van der Waals surface area contributed by atoms with Crippen molar-refractivity contribution in [3.63, 3.8) is 0 Å². The van der Waals surface area contributed by atoms with Crippen molar-refractivity contribution in [2.24, 2.45) is 0 Å². The minimum Gasteiger partial charge on any atom is -0.483 e. The van der Waals surface area contributed by atoms with Crippen LogP contribution in [-0.2, 0) is 20.7 Å². The van der Waals surface area contributed by atoms with Crippen molar-refractivity contribution in [3.05, 3.63) is 35.9 Å². The third-order valence-corrected chi connectivity index (χ3v) is 1.89. The first-order chi connectivity index (χ1) is 6.49. The molecule has 0 heterocycles. The molecular weight excluding hydrogens is 208 g/mol. The zero-order valence-corrected chi connectivity index (χ0v) is 8.02. The van der Waals surface area contributed by atoms with Crippen molar-refractivity contribution < 1.29 is 22.9 Å². The molecule has 0 unspecified atom stereocenters. The van der Waals surface area contributed by atoms with Gasteiger partial charge in [-0.3, -0.25) is 9.35 Å². The maximum Gasteiger partial charge on any atom is 0.290 e. The molecular formula is C8H10O5S. The van der Waals surface area contributed by atoms with Gasteiger partial charge in [-0.05, 0) is 5.56 Å². The van der Waals surface area contributed by atoms with Gasteiger partial charge in [0.1, 0.15) is 5.75 Å². The molecule has 0 aromatic heterocycles. The van der Waals surface area contributed by atoms with E-state index in [1.165, 1.54) is 0 Å². The van der Waals surface area contributed by atoms with Gasteiger partial charge in [0.25, 0.3) is 16.6 Å². The molecule has 0 atom stereocenters. The molecule has 14 heavy (non-hydrogen) atoms. The second-order valence-electron chi connectivity index (χ2n) is 2.32. The summed E-state index contributed by atoms with van der Waals surface area (Å²) in [6.07, 6.45) is 0. The largest absolute Gasteiger partial charge is 0.483 e. The van der Waals surface area contributed by atoms with Gasteiger partial charge in [0.05, 0.1) is 0 Å². The summed E-state index contributed by atoms with van der Waals surface area (Å²) in [5.74, 6) is -0.312. The lowest BCUT2D eigenvalue weighted by molar-refractivity contribution is -0.122. The Bertz CT molecular complexity index is 357. The lowest BCUT2D eigenvalue weighted by Crippen LogP contribution is -2.00. The van der Waals surface area contributed by atoms with Crippen LogP contribution in [0.25, 0.3) is 0 Å². The lowest BCUT2D eigenvalue weighted by atomic mass is 10.2. The molecule has 0 saturated heterocycles. The summed E-state index contributed by atoms with van der Waals surface area (Å²) < 4.78 is 29.2. The first kappa shape index (κ1) is 12.6. The van der Waals surface area contributed by atoms with Gasteiger partial charge in [0.2, 0.25) is 0 Å². The Morgan fingerprint density at radius 1 is 1.21 bits per heavy atom. The summed E-state index contributed by atoms with van der Waals surface area (Å²) in [6.45, 7) is -0.250. The van der Waals surface area contributed by atoms with E-state index < -0.39 is 10.1 Å². The fourth-order valence-corrected chi connectivity index (χ4v) is 1.40. The highest BCUT2D eigenvalue weighted by Crippen LogP contribution is 2.02. The summed E-state index contributed by atoms with van der Waals surface area (Å²) in [6, 6.07) is 8.52. The van der Waals surface area contributed by atoms with Crippen molar-refractivity contribution >= 4 is 16.6 Å². The van der Waals surface area contributed by atoms with E-state index >= 15 is 0 Å². The summed E-state index contributed by atoms with van der Waals surface area (Å²) in [4.78, 5) is 8.36. The fraction of sp³-hybridized carbons (Fsp3) is 0.125. The maximum absolute atomic E-state index is 10.4. The highest BCUT2D eigenvalue weighted by molar-refractivity contribution is 7.85. The van der Waals surface area contributed by atoms with Crippen LogP contribution in [0.15, 0.2) is 30.3 Å². The van der Waals surface area contributed by atoms with Crippen LogP contribution >= 0.6 is 0 Å². The van der Waals surface area contributed by atoms with E-state index in [1.54, 1.807) is 30.3 Å². The molecule has 1 aromatic carbocycles. The predicted molar refractivity (Wildman–Crippen MR) is 50.4 cm³/mol. The van der Waals surface area contributed by atoms with E-state index in [4.69, 9.17) is 14.5 Å². The van der Waals surface area contributed by atoms with Gasteiger partial charge in [-0.2, -0.15) is 8.42 Å². The number of hydrogen-bond donors (Lipinski definition) is 2. The van der Waals surface area contributed by atoms with Crippen LogP contribution < -0.4 is 0 Å². The lowest BCUT2D eigenvalue weighted by Gasteiger charge is -1.95. The second kappa shape index (κ2) is 6.11. The molecule has 0 aliphatic carbocycles. The molecule has 0 fully saturated rings. The van der Waals surface area contributed by atoms with Crippen LogP contribution in [0.2, 0.25) is 0 Å². The van der Waals surface area contributed by atoms with Gasteiger partial charge in [-0.1, -0.05) is 30.3 Å². The topological polar surface area (TPSA) is 91.7 Å². The molecule has 78 valence electrons. The molecule has 6 heteroatoms. The van der Waals surface area contributed by atoms with Crippen molar-refractivity contribution in [1.29, 1.82) is 0 Å². The van der Waals surface area contributed by atoms with Crippen molar-refractivity contribution in [1.82, 2.24) is 0 Å². The second-order valence-corrected chi connectivity index (χ2v) is 3.77. The van der Waals surface area contributed by atoms with Crippen LogP contribution in [0.4, 0.5) is 0 Å². The standard InChI is InChI=1S/C7H8O3S.CH2O2/c8-11(9,10)6-7-4-2-1-3-5-7;2-1-3/h1-5H,6H2,(H,8,9,10);1H,(H,2,3). The Balaban J connectivity index is 0.000000500. The zero-order valence-electron chi connectivity index (χ0n) is 7.20. The molecule has 2 N–H and O–H groups in total. The third-order valence-electron chi connectivity index (χ3n) is 1.19. The van der Waals surface area contributed by atoms with E-state index in [0.29, 0.717) is 5.56 Å². The Labute approximate surface area is 81.8 Å². The van der Waals surface area contributed by atoms with Crippen LogP contribution in [-0.4, -0.2) is 24.5 Å². The van der Waals surface area contributed by atoms with Crippen LogP contribution in [0.5, 0.6) is 0 Å². The first-order valence-electron chi connectivity index (χ1n) is 3.56. The van der Waals surface area contributed by atoms with Crippen molar-refractivity contribution in [3.8, 4) is 0 Å². The highest BCUT2D eigenvalue weighted by atomic mass is 32.2. The van der Waals surface area contributed by atoms with Gasteiger partial charge in [0.15, 0.2) is 0 Å². The highest BCUT2D eigenvalue weighted by Gasteiger charge is 2.04. The van der Waals surface area contributed by atoms with E-state index in [9.17, 15) is 8.42 Å². The summed E-state index contributed by atoms with van der Waals surface area (Å²) >= 11 is 0. The average molecular weight is 218 g/mol. The molecule has 0 radical (unpaired) electrons. The molecule has 0 aliphatic rings. The minimum atomic E-state index is -3.88. The summed E-state index contributed by atoms with van der Waals surface area (Å²) in [5, 5.41) is 6.89. The molecule has 0 amide bonds. The average Bonchev–Trinajstić information content (AvgIpc) is 2.04. The van der Waals surface area contributed by atoms with E-state index in [1.807, 2.05) is 0 Å². The van der Waals surface area contributed by atoms with Gasteiger partial charge in [-0.15, -0.1) is 0 Å². The Morgan fingerprint density at radius 2 is 1.64 bits per heavy atom. The number of hydrogen-bond acceptors (Lipinski definition) is 3. The molecule has 0 bridgehead atoms. The minimum absolute atomic E-state index is 0.250. The molecule has 5 nitrogen and oxygen atoms in total. The first-order valence-corrected chi connectivity index (χ1v) is 5.17. The molecule has 0 spiro atoms. The van der Waals surface area contributed by atoms with Crippen LogP contribution in [0, 0.1) is 0 Å². The molecule has 1 aromatic rings. The molecule has 1 rings (SSSR count). The van der Waals surface area contributed by atoms with E-state index in [-0.39, 0.29) is 12.2 Å². The number of rotatable bonds is 2. The maximum atomic E-state index is 10.4. The Kier molecular flexibility index (Phi) is 5.50. The summed E-state index contributed by atoms with van der Waals surface area (Å²) in [7, 11) is -3.88. The fourth-order valence-electron chi connectivity index (χ4n) is 0.785. The predicted octanol–water partition coefficient (Wildman–Crippen LogP) is 0.775. The van der Waals surface area contributed by atoms with Crippen molar-refractivity contribution in [2.75, 3.05) is 0 Å². The van der Waals surface area contributed by atoms with Gasteiger partial charge < -0.3 is 5.11 Å². The van der Waals surface area contributed by atoms with Gasteiger partial charge in [0, 0.05) is 0 Å².